The molecule has 0 amide bonds. The highest BCUT2D eigenvalue weighted by molar-refractivity contribution is 5.80. The molecule has 1 atom stereocenters. The summed E-state index contributed by atoms with van der Waals surface area (Å²) < 4.78 is 0. The maximum absolute atomic E-state index is 9.85. The molecule has 88 valence electrons. The van der Waals surface area contributed by atoms with Crippen LogP contribution in [0, 0.1) is 0 Å². The fourth-order valence-electron chi connectivity index (χ4n) is 1.08. The second-order valence-electron chi connectivity index (χ2n) is 3.35. The first-order chi connectivity index (χ1) is 7.04. The van der Waals surface area contributed by atoms with E-state index in [0.29, 0.717) is 0 Å². The van der Waals surface area contributed by atoms with Gasteiger partial charge in [0.05, 0.1) is 6.42 Å². The van der Waals surface area contributed by atoms with Gasteiger partial charge < -0.3 is 21.3 Å². The predicted octanol–water partition coefficient (Wildman–Crippen LogP) is -0.367. The number of piperidine rings is 1. The summed E-state index contributed by atoms with van der Waals surface area (Å²) in [6.07, 6.45) is 3.68. The van der Waals surface area contributed by atoms with E-state index < -0.39 is 24.4 Å². The zero-order chi connectivity index (χ0) is 11.7. The van der Waals surface area contributed by atoms with Crippen LogP contribution in [-0.2, 0) is 9.59 Å². The van der Waals surface area contributed by atoms with Crippen LogP contribution in [0.4, 0.5) is 0 Å². The molecule has 0 aliphatic carbocycles. The average molecular weight is 218 g/mol. The summed E-state index contributed by atoms with van der Waals surface area (Å²) >= 11 is 0. The maximum Gasteiger partial charge on any atom is 0.321 e. The standard InChI is InChI=1S/C5H11N.C4H7NO4/c1-2-4-6-5-3-1;5-2(4(8)9)1-3(6)7/h6H,1-5H2;2H,1,5H2,(H,6,7)(H,8,9). The minimum atomic E-state index is -1.29. The Labute approximate surface area is 88.5 Å². The number of carboxylic acids is 2. The van der Waals surface area contributed by atoms with Gasteiger partial charge in [-0.2, -0.15) is 0 Å². The van der Waals surface area contributed by atoms with Crippen molar-refractivity contribution in [3.63, 3.8) is 0 Å². The van der Waals surface area contributed by atoms with E-state index in [0.717, 1.165) is 0 Å². The van der Waals surface area contributed by atoms with Crippen molar-refractivity contribution in [1.82, 2.24) is 5.32 Å². The molecule has 1 aliphatic rings. The molecule has 6 nitrogen and oxygen atoms in total. The van der Waals surface area contributed by atoms with Crippen molar-refractivity contribution >= 4 is 11.9 Å². The summed E-state index contributed by atoms with van der Waals surface area (Å²) in [5, 5.41) is 19.3. The Morgan fingerprint density at radius 3 is 1.87 bits per heavy atom. The van der Waals surface area contributed by atoms with Gasteiger partial charge in [0.2, 0.25) is 0 Å². The quantitative estimate of drug-likeness (QED) is 0.514. The van der Waals surface area contributed by atoms with Crippen molar-refractivity contribution in [3.05, 3.63) is 0 Å². The summed E-state index contributed by atoms with van der Waals surface area (Å²) in [5.74, 6) is -2.50. The monoisotopic (exact) mass is 218 g/mol. The Morgan fingerprint density at radius 2 is 1.73 bits per heavy atom. The second kappa shape index (κ2) is 8.19. The first-order valence-electron chi connectivity index (χ1n) is 4.95. The number of rotatable bonds is 3. The second-order valence-corrected chi connectivity index (χ2v) is 3.35. The minimum Gasteiger partial charge on any atom is -0.481 e. The normalized spacial score (nSPS) is 17.1. The Hall–Kier alpha value is -1.14. The molecular formula is C9H18N2O4. The third kappa shape index (κ3) is 9.17. The van der Waals surface area contributed by atoms with Gasteiger partial charge in [0, 0.05) is 0 Å². The highest BCUT2D eigenvalue weighted by atomic mass is 16.4. The number of aliphatic carboxylic acids is 2. The number of nitrogens with two attached hydrogens (primary N) is 1. The van der Waals surface area contributed by atoms with Crippen LogP contribution >= 0.6 is 0 Å². The molecule has 0 aromatic heterocycles. The molecule has 15 heavy (non-hydrogen) atoms. The predicted molar refractivity (Wildman–Crippen MR) is 54.6 cm³/mol. The van der Waals surface area contributed by atoms with Gasteiger partial charge in [-0.3, -0.25) is 9.59 Å². The molecule has 6 heteroatoms. The van der Waals surface area contributed by atoms with Crippen molar-refractivity contribution in [1.29, 1.82) is 0 Å². The lowest BCUT2D eigenvalue weighted by Crippen LogP contribution is -2.32. The van der Waals surface area contributed by atoms with E-state index in [1.54, 1.807) is 0 Å². The molecule has 1 rings (SSSR count). The fourth-order valence-corrected chi connectivity index (χ4v) is 1.08. The summed E-state index contributed by atoms with van der Waals surface area (Å²) in [7, 11) is 0. The Bertz CT molecular complexity index is 193. The van der Waals surface area contributed by atoms with Gasteiger partial charge >= 0.3 is 11.9 Å². The maximum atomic E-state index is 9.85. The lowest BCUT2D eigenvalue weighted by Gasteiger charge is -2.08. The fraction of sp³-hybridized carbons (Fsp3) is 0.778. The zero-order valence-electron chi connectivity index (χ0n) is 8.61. The molecule has 0 radical (unpaired) electrons. The molecule has 1 fully saturated rings. The van der Waals surface area contributed by atoms with Crippen LogP contribution < -0.4 is 11.1 Å². The zero-order valence-corrected chi connectivity index (χ0v) is 8.61. The van der Waals surface area contributed by atoms with Crippen LogP contribution in [0.25, 0.3) is 0 Å². The number of carbonyl (C=O) groups is 2. The van der Waals surface area contributed by atoms with Crippen molar-refractivity contribution < 1.29 is 19.8 Å². The summed E-state index contributed by atoms with van der Waals surface area (Å²) in [6.45, 7) is 2.50. The molecule has 0 bridgehead atoms. The Balaban J connectivity index is 0.000000280. The van der Waals surface area contributed by atoms with Gasteiger partial charge in [-0.1, -0.05) is 6.42 Å². The number of hydrogen-bond donors (Lipinski definition) is 4. The van der Waals surface area contributed by atoms with E-state index in [9.17, 15) is 9.59 Å². The van der Waals surface area contributed by atoms with Gasteiger partial charge in [0.1, 0.15) is 6.04 Å². The summed E-state index contributed by atoms with van der Waals surface area (Å²) in [5.41, 5.74) is 4.84. The van der Waals surface area contributed by atoms with E-state index in [1.165, 1.54) is 32.4 Å². The van der Waals surface area contributed by atoms with Crippen LogP contribution in [0.3, 0.4) is 0 Å². The SMILES string of the molecule is C1CCNCC1.NC(CC(=O)O)C(=O)O. The van der Waals surface area contributed by atoms with Crippen molar-refractivity contribution in [2.75, 3.05) is 13.1 Å². The van der Waals surface area contributed by atoms with E-state index in [-0.39, 0.29) is 0 Å². The molecule has 5 N–H and O–H groups in total. The van der Waals surface area contributed by atoms with Crippen molar-refractivity contribution in [2.45, 2.75) is 31.7 Å². The van der Waals surface area contributed by atoms with Crippen molar-refractivity contribution in [3.8, 4) is 0 Å². The molecule has 1 unspecified atom stereocenters. The lowest BCUT2D eigenvalue weighted by atomic mass is 10.2. The Morgan fingerprint density at radius 1 is 1.20 bits per heavy atom. The first kappa shape index (κ1) is 13.9. The summed E-state index contributed by atoms with van der Waals surface area (Å²) in [6, 6.07) is -1.29. The van der Waals surface area contributed by atoms with Crippen LogP contribution in [0.2, 0.25) is 0 Å². The molecule has 0 aromatic carbocycles. The van der Waals surface area contributed by atoms with Crippen LogP contribution in [0.5, 0.6) is 0 Å². The van der Waals surface area contributed by atoms with Gasteiger partial charge in [-0.05, 0) is 25.9 Å². The average Bonchev–Trinajstić information content (AvgIpc) is 2.20. The number of nitrogens with one attached hydrogen (secondary N) is 1. The lowest BCUT2D eigenvalue weighted by molar-refractivity contribution is -0.144. The van der Waals surface area contributed by atoms with E-state index in [1.807, 2.05) is 0 Å². The van der Waals surface area contributed by atoms with Gasteiger partial charge in [-0.25, -0.2) is 0 Å². The van der Waals surface area contributed by atoms with Crippen LogP contribution in [-0.4, -0.2) is 41.3 Å². The highest BCUT2D eigenvalue weighted by Crippen LogP contribution is 1.96. The third-order valence-corrected chi connectivity index (χ3v) is 1.92. The van der Waals surface area contributed by atoms with Gasteiger partial charge in [0.15, 0.2) is 0 Å². The van der Waals surface area contributed by atoms with Gasteiger partial charge in [0.25, 0.3) is 0 Å². The third-order valence-electron chi connectivity index (χ3n) is 1.92. The molecule has 0 spiro atoms. The highest BCUT2D eigenvalue weighted by Gasteiger charge is 2.14. The first-order valence-corrected chi connectivity index (χ1v) is 4.95. The molecule has 0 aromatic rings. The van der Waals surface area contributed by atoms with Crippen molar-refractivity contribution in [2.24, 2.45) is 5.73 Å². The van der Waals surface area contributed by atoms with Crippen LogP contribution in [0.15, 0.2) is 0 Å². The number of hydrogen-bond acceptors (Lipinski definition) is 4. The molecular weight excluding hydrogens is 200 g/mol. The van der Waals surface area contributed by atoms with Gasteiger partial charge in [-0.15, -0.1) is 0 Å². The van der Waals surface area contributed by atoms with Crippen LogP contribution in [0.1, 0.15) is 25.7 Å². The van der Waals surface area contributed by atoms with E-state index in [2.05, 4.69) is 5.32 Å². The molecule has 1 saturated heterocycles. The van der Waals surface area contributed by atoms with E-state index >= 15 is 0 Å². The molecule has 1 aliphatic heterocycles. The largest absolute Gasteiger partial charge is 0.481 e. The Kier molecular flexibility index (Phi) is 7.57. The molecule has 1 heterocycles. The number of carboxylic acid groups (broad SMARTS) is 2. The summed E-state index contributed by atoms with van der Waals surface area (Å²) in [4.78, 5) is 19.6. The van der Waals surface area contributed by atoms with E-state index in [4.69, 9.17) is 15.9 Å². The molecule has 0 saturated carbocycles. The minimum absolute atomic E-state index is 0.532. The topological polar surface area (TPSA) is 113 Å². The smallest absolute Gasteiger partial charge is 0.321 e.